The van der Waals surface area contributed by atoms with Gasteiger partial charge in [0, 0.05) is 42.7 Å². The predicted molar refractivity (Wildman–Crippen MR) is 109 cm³/mol. The number of imidazole rings is 1. The van der Waals surface area contributed by atoms with Crippen LogP contribution in [0.25, 0.3) is 11.3 Å². The molecule has 0 aliphatic rings. The Morgan fingerprint density at radius 3 is 2.79 bits per heavy atom. The summed E-state index contributed by atoms with van der Waals surface area (Å²) in [5.74, 6) is 0.128. The summed E-state index contributed by atoms with van der Waals surface area (Å²) in [7, 11) is 1.52. The minimum absolute atomic E-state index is 0.0638. The fourth-order valence-electron chi connectivity index (χ4n) is 3.32. The molecule has 7 heteroatoms. The second kappa shape index (κ2) is 8.70. The van der Waals surface area contributed by atoms with E-state index in [1.807, 2.05) is 29.0 Å². The smallest absolute Gasteiger partial charge is 0.136 e. The van der Waals surface area contributed by atoms with Gasteiger partial charge in [0.1, 0.15) is 11.6 Å². The number of rotatable bonds is 8. The third-order valence-corrected chi connectivity index (χ3v) is 4.86. The lowest BCUT2D eigenvalue weighted by Crippen LogP contribution is -2.25. The molecule has 6 nitrogen and oxygen atoms in total. The van der Waals surface area contributed by atoms with Gasteiger partial charge in [-0.05, 0) is 17.7 Å². The van der Waals surface area contributed by atoms with Crippen LogP contribution in [0.4, 0.5) is 4.39 Å². The van der Waals surface area contributed by atoms with Gasteiger partial charge in [-0.15, -0.1) is 0 Å². The van der Waals surface area contributed by atoms with E-state index in [2.05, 4.69) is 32.6 Å². The highest BCUT2D eigenvalue weighted by atomic mass is 19.1. The van der Waals surface area contributed by atoms with E-state index in [9.17, 15) is 4.39 Å². The van der Waals surface area contributed by atoms with Crippen molar-refractivity contribution in [3.63, 3.8) is 0 Å². The molecule has 0 fully saturated rings. The first-order chi connectivity index (χ1) is 14.2. The van der Waals surface area contributed by atoms with E-state index in [1.165, 1.54) is 18.7 Å². The Labute approximate surface area is 168 Å². The van der Waals surface area contributed by atoms with Gasteiger partial charge in [0.15, 0.2) is 0 Å². The molecule has 0 spiro atoms. The van der Waals surface area contributed by atoms with Crippen LogP contribution in [-0.2, 0) is 13.1 Å². The van der Waals surface area contributed by atoms with Gasteiger partial charge < -0.3 is 14.6 Å². The van der Waals surface area contributed by atoms with Crippen molar-refractivity contribution in [3.8, 4) is 17.0 Å². The summed E-state index contributed by atoms with van der Waals surface area (Å²) in [5, 5.41) is 10.6. The number of aromatic amines is 1. The van der Waals surface area contributed by atoms with Crippen molar-refractivity contribution in [2.75, 3.05) is 7.11 Å². The van der Waals surface area contributed by atoms with E-state index >= 15 is 0 Å². The summed E-state index contributed by atoms with van der Waals surface area (Å²) >= 11 is 0. The SMILES string of the molecule is COc1ccc(-c2[nH]ncc2CNC(Cn2ccnc2)c2ccccc2)c(F)c1. The maximum atomic E-state index is 14.5. The Morgan fingerprint density at radius 2 is 2.07 bits per heavy atom. The van der Waals surface area contributed by atoms with Crippen LogP contribution in [0, 0.1) is 5.82 Å². The highest BCUT2D eigenvalue weighted by molar-refractivity contribution is 5.64. The van der Waals surface area contributed by atoms with Crippen molar-refractivity contribution in [1.82, 2.24) is 25.1 Å². The number of hydrogen-bond acceptors (Lipinski definition) is 4. The third-order valence-electron chi connectivity index (χ3n) is 4.86. The van der Waals surface area contributed by atoms with Crippen LogP contribution in [0.15, 0.2) is 73.4 Å². The summed E-state index contributed by atoms with van der Waals surface area (Å²) in [6.45, 7) is 1.26. The largest absolute Gasteiger partial charge is 0.497 e. The van der Waals surface area contributed by atoms with Gasteiger partial charge in [-0.3, -0.25) is 5.10 Å². The molecular weight excluding hydrogens is 369 g/mol. The summed E-state index contributed by atoms with van der Waals surface area (Å²) in [6, 6.07) is 15.1. The van der Waals surface area contributed by atoms with Crippen LogP contribution in [0.2, 0.25) is 0 Å². The lowest BCUT2D eigenvalue weighted by atomic mass is 10.0. The number of hydrogen-bond donors (Lipinski definition) is 2. The number of benzene rings is 2. The van der Waals surface area contributed by atoms with Crippen LogP contribution in [-0.4, -0.2) is 26.9 Å². The molecule has 0 saturated carbocycles. The molecule has 148 valence electrons. The molecule has 0 aliphatic carbocycles. The van der Waals surface area contributed by atoms with Crippen LogP contribution in [0.3, 0.4) is 0 Å². The van der Waals surface area contributed by atoms with Gasteiger partial charge in [0.05, 0.1) is 31.4 Å². The molecule has 1 atom stereocenters. The second-order valence-corrected chi connectivity index (χ2v) is 6.72. The Bertz CT molecular complexity index is 1050. The van der Waals surface area contributed by atoms with Crippen molar-refractivity contribution in [1.29, 1.82) is 0 Å². The first-order valence-electron chi connectivity index (χ1n) is 9.35. The monoisotopic (exact) mass is 391 g/mol. The maximum Gasteiger partial charge on any atom is 0.136 e. The Hall–Kier alpha value is -3.45. The number of H-pyrrole nitrogens is 1. The molecule has 2 aromatic heterocycles. The number of nitrogens with zero attached hydrogens (tertiary/aromatic N) is 3. The normalized spacial score (nSPS) is 12.1. The van der Waals surface area contributed by atoms with Crippen LogP contribution < -0.4 is 10.1 Å². The summed E-state index contributed by atoms with van der Waals surface area (Å²) in [5.41, 5.74) is 3.18. The first kappa shape index (κ1) is 18.9. The molecule has 0 saturated heterocycles. The summed E-state index contributed by atoms with van der Waals surface area (Å²) < 4.78 is 21.7. The molecular formula is C22H22FN5O. The molecule has 1 unspecified atom stereocenters. The summed E-state index contributed by atoms with van der Waals surface area (Å²) in [4.78, 5) is 4.12. The standard InChI is InChI=1S/C22H22FN5O/c1-29-18-7-8-19(20(23)11-18)22-17(13-26-27-22)12-25-21(14-28-10-9-24-15-28)16-5-3-2-4-6-16/h2-11,13,15,21,25H,12,14H2,1H3,(H,26,27). The van der Waals surface area contributed by atoms with Gasteiger partial charge in [-0.25, -0.2) is 9.37 Å². The molecule has 0 radical (unpaired) electrons. The lowest BCUT2D eigenvalue weighted by molar-refractivity contribution is 0.411. The van der Waals surface area contributed by atoms with Crippen molar-refractivity contribution < 1.29 is 9.13 Å². The van der Waals surface area contributed by atoms with Gasteiger partial charge in [-0.1, -0.05) is 30.3 Å². The predicted octanol–water partition coefficient (Wildman–Crippen LogP) is 3.95. The van der Waals surface area contributed by atoms with E-state index in [4.69, 9.17) is 4.74 Å². The second-order valence-electron chi connectivity index (χ2n) is 6.72. The van der Waals surface area contributed by atoms with Gasteiger partial charge in [0.2, 0.25) is 0 Å². The van der Waals surface area contributed by atoms with Crippen LogP contribution in [0.1, 0.15) is 17.2 Å². The van der Waals surface area contributed by atoms with E-state index < -0.39 is 0 Å². The summed E-state index contributed by atoms with van der Waals surface area (Å²) in [6.07, 6.45) is 7.23. The number of aromatic nitrogens is 4. The van der Waals surface area contributed by atoms with E-state index in [0.29, 0.717) is 23.6 Å². The zero-order chi connectivity index (χ0) is 20.1. The molecule has 29 heavy (non-hydrogen) atoms. The number of methoxy groups -OCH3 is 1. The van der Waals surface area contributed by atoms with Gasteiger partial charge in [-0.2, -0.15) is 5.10 Å². The fraction of sp³-hybridized carbons (Fsp3) is 0.182. The van der Waals surface area contributed by atoms with E-state index in [-0.39, 0.29) is 11.9 Å². The van der Waals surface area contributed by atoms with Crippen molar-refractivity contribution in [2.45, 2.75) is 19.1 Å². The van der Waals surface area contributed by atoms with Crippen molar-refractivity contribution in [3.05, 3.63) is 90.4 Å². The number of nitrogens with one attached hydrogen (secondary N) is 2. The van der Waals surface area contributed by atoms with Crippen molar-refractivity contribution in [2.24, 2.45) is 0 Å². The molecule has 4 rings (SSSR count). The fourth-order valence-corrected chi connectivity index (χ4v) is 3.32. The molecule has 2 N–H and O–H groups in total. The number of halogens is 1. The van der Waals surface area contributed by atoms with Gasteiger partial charge in [0.25, 0.3) is 0 Å². The van der Waals surface area contributed by atoms with Crippen LogP contribution in [0.5, 0.6) is 5.75 Å². The molecule has 0 amide bonds. The highest BCUT2D eigenvalue weighted by Gasteiger charge is 2.16. The molecule has 0 bridgehead atoms. The van der Waals surface area contributed by atoms with Gasteiger partial charge >= 0.3 is 0 Å². The third kappa shape index (κ3) is 4.35. The molecule has 2 aromatic carbocycles. The minimum atomic E-state index is -0.354. The molecule has 0 aliphatic heterocycles. The lowest BCUT2D eigenvalue weighted by Gasteiger charge is -2.20. The minimum Gasteiger partial charge on any atom is -0.497 e. The maximum absolute atomic E-state index is 14.5. The van der Waals surface area contributed by atoms with Crippen molar-refractivity contribution >= 4 is 0 Å². The van der Waals surface area contributed by atoms with Crippen LogP contribution >= 0.6 is 0 Å². The Morgan fingerprint density at radius 1 is 1.21 bits per heavy atom. The average Bonchev–Trinajstić information content (AvgIpc) is 3.43. The zero-order valence-corrected chi connectivity index (χ0v) is 16.0. The number of ether oxygens (including phenoxy) is 1. The molecule has 4 aromatic rings. The topological polar surface area (TPSA) is 67.8 Å². The highest BCUT2D eigenvalue weighted by Crippen LogP contribution is 2.27. The quantitative estimate of drug-likeness (QED) is 0.477. The Balaban J connectivity index is 1.55. The average molecular weight is 391 g/mol. The van der Waals surface area contributed by atoms with E-state index in [0.717, 1.165) is 12.1 Å². The zero-order valence-electron chi connectivity index (χ0n) is 16.0. The van der Waals surface area contributed by atoms with E-state index in [1.54, 1.807) is 30.9 Å². The first-order valence-corrected chi connectivity index (χ1v) is 9.35. The Kier molecular flexibility index (Phi) is 5.67. The molecule has 2 heterocycles.